The number of hydrogen-bond donors (Lipinski definition) is 1. The summed E-state index contributed by atoms with van der Waals surface area (Å²) in [6.45, 7) is 5.26. The second-order valence-electron chi connectivity index (χ2n) is 4.61. The number of nitrogens with zero attached hydrogens (tertiary/aromatic N) is 3. The fourth-order valence-corrected chi connectivity index (χ4v) is 2.23. The van der Waals surface area contributed by atoms with Crippen LogP contribution in [0.3, 0.4) is 0 Å². The van der Waals surface area contributed by atoms with Gasteiger partial charge in [-0.05, 0) is 18.9 Å². The van der Waals surface area contributed by atoms with Gasteiger partial charge in [0.05, 0.1) is 11.9 Å². The van der Waals surface area contributed by atoms with Gasteiger partial charge < -0.3 is 9.84 Å². The summed E-state index contributed by atoms with van der Waals surface area (Å²) >= 11 is 0. The number of ether oxygens (including phenoxy) is 1. The van der Waals surface area contributed by atoms with Crippen molar-refractivity contribution in [3.63, 3.8) is 0 Å². The SMILES string of the molecule is CCCn1nncc1C(O)C(OCC)c1ccccc1. The first kappa shape index (κ1) is 14.7. The number of rotatable bonds is 7. The number of aryl methyl sites for hydroxylation is 1. The van der Waals surface area contributed by atoms with Gasteiger partial charge in [-0.3, -0.25) is 0 Å². The molecule has 0 fully saturated rings. The van der Waals surface area contributed by atoms with Crippen LogP contribution in [0.5, 0.6) is 0 Å². The Labute approximate surface area is 119 Å². The highest BCUT2D eigenvalue weighted by Crippen LogP contribution is 2.31. The van der Waals surface area contributed by atoms with E-state index in [0.717, 1.165) is 18.5 Å². The van der Waals surface area contributed by atoms with Crippen molar-refractivity contribution in [1.29, 1.82) is 0 Å². The molecule has 2 rings (SSSR count). The highest BCUT2D eigenvalue weighted by atomic mass is 16.5. The van der Waals surface area contributed by atoms with Crippen LogP contribution in [0, 0.1) is 0 Å². The Morgan fingerprint density at radius 3 is 2.65 bits per heavy atom. The highest BCUT2D eigenvalue weighted by molar-refractivity contribution is 5.21. The van der Waals surface area contributed by atoms with Gasteiger partial charge in [-0.1, -0.05) is 42.5 Å². The molecule has 5 heteroatoms. The summed E-state index contributed by atoms with van der Waals surface area (Å²) in [4.78, 5) is 0. The van der Waals surface area contributed by atoms with E-state index >= 15 is 0 Å². The molecule has 0 radical (unpaired) electrons. The zero-order valence-electron chi connectivity index (χ0n) is 11.9. The molecule has 0 amide bonds. The number of hydrogen-bond acceptors (Lipinski definition) is 4. The zero-order valence-corrected chi connectivity index (χ0v) is 11.9. The third kappa shape index (κ3) is 3.23. The normalized spacial score (nSPS) is 14.2. The largest absolute Gasteiger partial charge is 0.384 e. The van der Waals surface area contributed by atoms with Gasteiger partial charge in [0.2, 0.25) is 0 Å². The second kappa shape index (κ2) is 7.17. The maximum absolute atomic E-state index is 10.6. The summed E-state index contributed by atoms with van der Waals surface area (Å²) in [5.74, 6) is 0. The molecule has 0 aliphatic heterocycles. The molecule has 0 spiro atoms. The smallest absolute Gasteiger partial charge is 0.127 e. The first-order valence-electron chi connectivity index (χ1n) is 7.00. The maximum atomic E-state index is 10.6. The van der Waals surface area contributed by atoms with Crippen molar-refractivity contribution in [1.82, 2.24) is 15.0 Å². The summed E-state index contributed by atoms with van der Waals surface area (Å²) in [7, 11) is 0. The van der Waals surface area contributed by atoms with Crippen LogP contribution in [0.4, 0.5) is 0 Å². The number of aromatic nitrogens is 3. The molecule has 1 N–H and O–H groups in total. The summed E-state index contributed by atoms with van der Waals surface area (Å²) in [5, 5.41) is 18.5. The van der Waals surface area contributed by atoms with Crippen LogP contribution in [-0.2, 0) is 11.3 Å². The van der Waals surface area contributed by atoms with Gasteiger partial charge in [0.25, 0.3) is 0 Å². The van der Waals surface area contributed by atoms with E-state index in [2.05, 4.69) is 17.2 Å². The molecule has 1 heterocycles. The maximum Gasteiger partial charge on any atom is 0.127 e. The molecule has 1 aromatic heterocycles. The van der Waals surface area contributed by atoms with Crippen LogP contribution < -0.4 is 0 Å². The van der Waals surface area contributed by atoms with Crippen molar-refractivity contribution in [3.8, 4) is 0 Å². The Morgan fingerprint density at radius 1 is 1.25 bits per heavy atom. The molecule has 0 bridgehead atoms. The average molecular weight is 275 g/mol. The molecule has 0 saturated carbocycles. The molecular formula is C15H21N3O2. The van der Waals surface area contributed by atoms with E-state index in [-0.39, 0.29) is 0 Å². The van der Waals surface area contributed by atoms with Crippen LogP contribution >= 0.6 is 0 Å². The Balaban J connectivity index is 2.27. The minimum atomic E-state index is -0.779. The van der Waals surface area contributed by atoms with E-state index in [0.29, 0.717) is 12.3 Å². The van der Waals surface area contributed by atoms with Gasteiger partial charge in [0.1, 0.15) is 12.2 Å². The second-order valence-corrected chi connectivity index (χ2v) is 4.61. The lowest BCUT2D eigenvalue weighted by molar-refractivity contribution is -0.0398. The molecule has 0 saturated heterocycles. The summed E-state index contributed by atoms with van der Waals surface area (Å²) in [5.41, 5.74) is 1.64. The van der Waals surface area contributed by atoms with Gasteiger partial charge in [-0.2, -0.15) is 0 Å². The lowest BCUT2D eigenvalue weighted by Gasteiger charge is -2.23. The summed E-state index contributed by atoms with van der Waals surface area (Å²) < 4.78 is 7.46. The first-order valence-corrected chi connectivity index (χ1v) is 7.00. The molecule has 108 valence electrons. The third-order valence-corrected chi connectivity index (χ3v) is 3.15. The van der Waals surface area contributed by atoms with Crippen molar-refractivity contribution >= 4 is 0 Å². The van der Waals surface area contributed by atoms with Crippen LogP contribution in [0.1, 0.15) is 43.7 Å². The zero-order chi connectivity index (χ0) is 14.4. The van der Waals surface area contributed by atoms with Gasteiger partial charge in [-0.25, -0.2) is 4.68 Å². The van der Waals surface area contributed by atoms with Crippen molar-refractivity contribution in [2.24, 2.45) is 0 Å². The van der Waals surface area contributed by atoms with Crippen molar-refractivity contribution in [2.45, 2.75) is 39.0 Å². The van der Waals surface area contributed by atoms with E-state index in [4.69, 9.17) is 4.74 Å². The molecule has 2 aromatic rings. The highest BCUT2D eigenvalue weighted by Gasteiger charge is 2.26. The monoisotopic (exact) mass is 275 g/mol. The molecule has 2 atom stereocenters. The molecular weight excluding hydrogens is 254 g/mol. The lowest BCUT2D eigenvalue weighted by Crippen LogP contribution is -2.18. The Bertz CT molecular complexity index is 513. The molecule has 20 heavy (non-hydrogen) atoms. The summed E-state index contributed by atoms with van der Waals surface area (Å²) in [6, 6.07) is 9.74. The van der Waals surface area contributed by atoms with Crippen molar-refractivity contribution < 1.29 is 9.84 Å². The molecule has 0 aliphatic rings. The fourth-order valence-electron chi connectivity index (χ4n) is 2.23. The molecule has 5 nitrogen and oxygen atoms in total. The molecule has 2 unspecified atom stereocenters. The Kier molecular flexibility index (Phi) is 5.26. The predicted octanol–water partition coefficient (Wildman–Crippen LogP) is 2.50. The van der Waals surface area contributed by atoms with Crippen LogP contribution in [0.2, 0.25) is 0 Å². The molecule has 0 aliphatic carbocycles. The first-order chi connectivity index (χ1) is 9.77. The van der Waals surface area contributed by atoms with Crippen molar-refractivity contribution in [3.05, 3.63) is 47.8 Å². The van der Waals surface area contributed by atoms with Crippen LogP contribution in [0.25, 0.3) is 0 Å². The third-order valence-electron chi connectivity index (χ3n) is 3.15. The van der Waals surface area contributed by atoms with Gasteiger partial charge >= 0.3 is 0 Å². The topological polar surface area (TPSA) is 60.2 Å². The van der Waals surface area contributed by atoms with Gasteiger partial charge in [-0.15, -0.1) is 5.10 Å². The van der Waals surface area contributed by atoms with E-state index in [1.807, 2.05) is 37.3 Å². The standard InChI is InChI=1S/C15H21N3O2/c1-3-10-18-13(11-16-17-18)14(19)15(20-4-2)12-8-6-5-7-9-12/h5-9,11,14-15,19H,3-4,10H2,1-2H3. The van der Waals surface area contributed by atoms with E-state index in [9.17, 15) is 5.11 Å². The van der Waals surface area contributed by atoms with Gasteiger partial charge in [0.15, 0.2) is 0 Å². The van der Waals surface area contributed by atoms with E-state index in [1.165, 1.54) is 0 Å². The minimum Gasteiger partial charge on any atom is -0.384 e. The number of aliphatic hydroxyl groups is 1. The Hall–Kier alpha value is -1.72. The van der Waals surface area contributed by atoms with E-state index in [1.54, 1.807) is 10.9 Å². The van der Waals surface area contributed by atoms with Crippen molar-refractivity contribution in [2.75, 3.05) is 6.61 Å². The predicted molar refractivity (Wildman–Crippen MR) is 76.1 cm³/mol. The summed E-state index contributed by atoms with van der Waals surface area (Å²) in [6.07, 6.45) is 1.36. The number of aliphatic hydroxyl groups excluding tert-OH is 1. The van der Waals surface area contributed by atoms with Gasteiger partial charge in [0, 0.05) is 13.2 Å². The average Bonchev–Trinajstić information content (AvgIpc) is 2.94. The Morgan fingerprint density at radius 2 is 2.00 bits per heavy atom. The van der Waals surface area contributed by atoms with Crippen LogP contribution in [0.15, 0.2) is 36.5 Å². The molecule has 1 aromatic carbocycles. The quantitative estimate of drug-likeness (QED) is 0.843. The van der Waals surface area contributed by atoms with Crippen LogP contribution in [-0.4, -0.2) is 26.7 Å². The number of benzene rings is 1. The van der Waals surface area contributed by atoms with E-state index < -0.39 is 12.2 Å². The minimum absolute atomic E-state index is 0.407. The fraction of sp³-hybridized carbons (Fsp3) is 0.467. The lowest BCUT2D eigenvalue weighted by atomic mass is 10.0.